The fourth-order valence-electron chi connectivity index (χ4n) is 2.75. The second-order valence-electron chi connectivity index (χ2n) is 6.15. The van der Waals surface area contributed by atoms with Crippen LogP contribution >= 0.6 is 11.8 Å². The lowest BCUT2D eigenvalue weighted by atomic mass is 10.1. The van der Waals surface area contributed by atoms with Gasteiger partial charge in [-0.05, 0) is 60.3 Å². The maximum Gasteiger partial charge on any atom is 0.294 e. The van der Waals surface area contributed by atoms with Gasteiger partial charge in [-0.2, -0.15) is 0 Å². The van der Waals surface area contributed by atoms with Crippen molar-refractivity contribution in [2.24, 2.45) is 0 Å². The highest BCUT2D eigenvalue weighted by Gasteiger charge is 2.36. The van der Waals surface area contributed by atoms with Gasteiger partial charge >= 0.3 is 0 Å². The van der Waals surface area contributed by atoms with Gasteiger partial charge in [0.2, 0.25) is 5.91 Å². The van der Waals surface area contributed by atoms with E-state index < -0.39 is 17.1 Å². The summed E-state index contributed by atoms with van der Waals surface area (Å²) < 4.78 is 15.6. The van der Waals surface area contributed by atoms with E-state index in [1.54, 1.807) is 55.7 Å². The number of hydrogen-bond donors (Lipinski definition) is 1. The molecular formula is C21H20N2O6S. The van der Waals surface area contributed by atoms with Gasteiger partial charge in [0.05, 0.1) is 26.2 Å². The van der Waals surface area contributed by atoms with Crippen LogP contribution in [0.2, 0.25) is 0 Å². The molecule has 0 aromatic heterocycles. The first-order valence-corrected chi connectivity index (χ1v) is 9.68. The Labute approximate surface area is 177 Å². The number of nitrogens with zero attached hydrogens (tertiary/aromatic N) is 1. The Morgan fingerprint density at radius 2 is 1.67 bits per heavy atom. The van der Waals surface area contributed by atoms with E-state index in [9.17, 15) is 14.4 Å². The normalized spacial score (nSPS) is 14.8. The average molecular weight is 428 g/mol. The molecule has 3 rings (SSSR count). The molecule has 0 spiro atoms. The number of thioether (sulfide) groups is 1. The smallest absolute Gasteiger partial charge is 0.294 e. The minimum Gasteiger partial charge on any atom is -0.497 e. The number of benzene rings is 2. The zero-order valence-corrected chi connectivity index (χ0v) is 17.4. The first-order chi connectivity index (χ1) is 14.4. The van der Waals surface area contributed by atoms with Gasteiger partial charge in [-0.25, -0.2) is 0 Å². The molecule has 0 aliphatic carbocycles. The van der Waals surface area contributed by atoms with E-state index in [2.05, 4.69) is 5.32 Å². The van der Waals surface area contributed by atoms with Crippen molar-refractivity contribution in [3.05, 3.63) is 52.9 Å². The summed E-state index contributed by atoms with van der Waals surface area (Å²) in [7, 11) is 4.58. The maximum atomic E-state index is 12.7. The number of anilines is 1. The molecule has 30 heavy (non-hydrogen) atoms. The van der Waals surface area contributed by atoms with Gasteiger partial charge in [0.25, 0.3) is 11.1 Å². The predicted molar refractivity (Wildman–Crippen MR) is 114 cm³/mol. The van der Waals surface area contributed by atoms with Crippen molar-refractivity contribution in [2.45, 2.75) is 0 Å². The number of hydrogen-bond acceptors (Lipinski definition) is 7. The van der Waals surface area contributed by atoms with Crippen LogP contribution in [-0.2, 0) is 9.59 Å². The Morgan fingerprint density at radius 1 is 1.00 bits per heavy atom. The molecule has 0 saturated carbocycles. The van der Waals surface area contributed by atoms with Crippen molar-refractivity contribution < 1.29 is 28.6 Å². The molecule has 0 radical (unpaired) electrons. The lowest BCUT2D eigenvalue weighted by Crippen LogP contribution is -2.36. The molecular weight excluding hydrogens is 408 g/mol. The Morgan fingerprint density at radius 3 is 2.30 bits per heavy atom. The van der Waals surface area contributed by atoms with Crippen LogP contribution in [0.5, 0.6) is 17.2 Å². The lowest BCUT2D eigenvalue weighted by Gasteiger charge is -2.12. The van der Waals surface area contributed by atoms with Crippen molar-refractivity contribution >= 4 is 40.6 Å². The number of ether oxygens (including phenoxy) is 3. The van der Waals surface area contributed by atoms with E-state index >= 15 is 0 Å². The molecule has 0 bridgehead atoms. The molecule has 3 amide bonds. The van der Waals surface area contributed by atoms with Gasteiger partial charge in [0.15, 0.2) is 0 Å². The molecule has 1 aliphatic heterocycles. The number of imide groups is 1. The molecule has 1 heterocycles. The lowest BCUT2D eigenvalue weighted by molar-refractivity contribution is -0.127. The zero-order valence-electron chi connectivity index (χ0n) is 16.6. The molecule has 156 valence electrons. The fraction of sp³-hybridized carbons (Fsp3) is 0.190. The van der Waals surface area contributed by atoms with E-state index in [-0.39, 0.29) is 11.4 Å². The molecule has 0 atom stereocenters. The first kappa shape index (κ1) is 21.3. The number of methoxy groups -OCH3 is 3. The molecule has 2 aromatic rings. The van der Waals surface area contributed by atoms with Gasteiger partial charge < -0.3 is 19.5 Å². The molecule has 1 aliphatic rings. The molecule has 0 unspecified atom stereocenters. The van der Waals surface area contributed by atoms with E-state index in [1.165, 1.54) is 14.2 Å². The summed E-state index contributed by atoms with van der Waals surface area (Å²) in [5.41, 5.74) is 1.12. The highest BCUT2D eigenvalue weighted by molar-refractivity contribution is 8.18. The second-order valence-corrected chi connectivity index (χ2v) is 7.15. The van der Waals surface area contributed by atoms with E-state index in [0.29, 0.717) is 28.5 Å². The number of nitrogens with one attached hydrogen (secondary N) is 1. The molecule has 2 aromatic carbocycles. The largest absolute Gasteiger partial charge is 0.497 e. The molecule has 8 nitrogen and oxygen atoms in total. The minimum absolute atomic E-state index is 0.198. The third-order valence-corrected chi connectivity index (χ3v) is 5.18. The molecule has 9 heteroatoms. The first-order valence-electron chi connectivity index (χ1n) is 8.86. The van der Waals surface area contributed by atoms with Crippen LogP contribution in [0, 0.1) is 0 Å². The van der Waals surface area contributed by atoms with Gasteiger partial charge in [0.1, 0.15) is 23.8 Å². The van der Waals surface area contributed by atoms with Gasteiger partial charge in [-0.1, -0.05) is 0 Å². The van der Waals surface area contributed by atoms with Gasteiger partial charge in [-0.15, -0.1) is 0 Å². The number of amides is 3. The molecule has 1 saturated heterocycles. The summed E-state index contributed by atoms with van der Waals surface area (Å²) in [6.45, 7) is -0.386. The Hall–Kier alpha value is -3.46. The Bertz CT molecular complexity index is 1000. The summed E-state index contributed by atoms with van der Waals surface area (Å²) in [4.78, 5) is 38.4. The van der Waals surface area contributed by atoms with Crippen molar-refractivity contribution in [3.63, 3.8) is 0 Å². The summed E-state index contributed by atoms with van der Waals surface area (Å²) in [6, 6.07) is 11.9. The van der Waals surface area contributed by atoms with Crippen molar-refractivity contribution in [1.29, 1.82) is 0 Å². The van der Waals surface area contributed by atoms with Crippen LogP contribution in [0.25, 0.3) is 6.08 Å². The Balaban J connectivity index is 1.72. The van der Waals surface area contributed by atoms with Crippen molar-refractivity contribution in [1.82, 2.24) is 4.90 Å². The standard InChI is InChI=1S/C21H20N2O6S/c1-27-15-6-4-14(5-7-15)22-19(24)12-23-20(25)18(30-21(23)26)11-13-10-16(28-2)8-9-17(13)29-3/h4-11H,12H2,1-3H3,(H,22,24)/b18-11+. The average Bonchev–Trinajstić information content (AvgIpc) is 3.01. The number of carbonyl (C=O) groups excluding carboxylic acids is 3. The van der Waals surface area contributed by atoms with Crippen LogP contribution in [0.1, 0.15) is 5.56 Å². The quantitative estimate of drug-likeness (QED) is 0.676. The SMILES string of the molecule is COc1ccc(NC(=O)CN2C(=O)S/C(=C/c3cc(OC)ccc3OC)C2=O)cc1. The fourth-order valence-corrected chi connectivity index (χ4v) is 3.58. The summed E-state index contributed by atoms with van der Waals surface area (Å²) >= 11 is 0.768. The zero-order chi connectivity index (χ0) is 21.7. The van der Waals surface area contributed by atoms with Crippen LogP contribution in [0.3, 0.4) is 0 Å². The van der Waals surface area contributed by atoms with E-state index in [0.717, 1.165) is 16.7 Å². The van der Waals surface area contributed by atoms with E-state index in [1.807, 2.05) is 0 Å². The van der Waals surface area contributed by atoms with Gasteiger partial charge in [-0.3, -0.25) is 19.3 Å². The van der Waals surface area contributed by atoms with Crippen LogP contribution in [-0.4, -0.2) is 49.8 Å². The predicted octanol–water partition coefficient (Wildman–Crippen LogP) is 3.39. The van der Waals surface area contributed by atoms with Crippen LogP contribution in [0.15, 0.2) is 47.4 Å². The third kappa shape index (κ3) is 4.74. The molecule has 1 N–H and O–H groups in total. The van der Waals surface area contributed by atoms with Gasteiger partial charge in [0, 0.05) is 11.3 Å². The number of rotatable bonds is 7. The third-order valence-electron chi connectivity index (χ3n) is 4.27. The highest BCUT2D eigenvalue weighted by Crippen LogP contribution is 2.35. The molecule has 1 fully saturated rings. The summed E-state index contributed by atoms with van der Waals surface area (Å²) in [5, 5.41) is 2.14. The van der Waals surface area contributed by atoms with Crippen LogP contribution < -0.4 is 19.5 Å². The van der Waals surface area contributed by atoms with E-state index in [4.69, 9.17) is 14.2 Å². The maximum absolute atomic E-state index is 12.7. The topological polar surface area (TPSA) is 94.2 Å². The summed E-state index contributed by atoms with van der Waals surface area (Å²) in [5.74, 6) is 0.736. The Kier molecular flexibility index (Phi) is 6.63. The number of carbonyl (C=O) groups is 3. The minimum atomic E-state index is -0.542. The van der Waals surface area contributed by atoms with Crippen LogP contribution in [0.4, 0.5) is 10.5 Å². The van der Waals surface area contributed by atoms with Crippen molar-refractivity contribution in [3.8, 4) is 17.2 Å². The van der Waals surface area contributed by atoms with Crippen molar-refractivity contribution in [2.75, 3.05) is 33.2 Å². The monoisotopic (exact) mass is 428 g/mol. The highest BCUT2D eigenvalue weighted by atomic mass is 32.2. The second kappa shape index (κ2) is 9.36. The summed E-state index contributed by atoms with van der Waals surface area (Å²) in [6.07, 6.45) is 1.55.